The van der Waals surface area contributed by atoms with Gasteiger partial charge in [0.05, 0.1) is 30.7 Å². The molecule has 0 radical (unpaired) electrons. The third-order valence-corrected chi connectivity index (χ3v) is 6.02. The number of ether oxygens (including phenoxy) is 3. The maximum atomic E-state index is 6.20. The van der Waals surface area contributed by atoms with Crippen molar-refractivity contribution in [3.63, 3.8) is 0 Å². The minimum Gasteiger partial charge on any atom is -0.462 e. The Bertz CT molecular complexity index is 1180. The van der Waals surface area contributed by atoms with Crippen molar-refractivity contribution in [3.8, 4) is 22.8 Å². The number of amidine groups is 1. The van der Waals surface area contributed by atoms with Crippen LogP contribution < -0.4 is 15.4 Å². The van der Waals surface area contributed by atoms with Crippen LogP contribution in [-0.2, 0) is 15.0 Å². The molecule has 2 aromatic heterocycles. The van der Waals surface area contributed by atoms with Gasteiger partial charge in [-0.25, -0.2) is 9.98 Å². The van der Waals surface area contributed by atoms with Crippen LogP contribution in [0.4, 0.5) is 5.69 Å². The molecule has 3 aliphatic heterocycles. The fourth-order valence-corrected chi connectivity index (χ4v) is 4.42. The second-order valence-corrected chi connectivity index (χ2v) is 7.80. The molecular weight excluding hydrogens is 394 g/mol. The summed E-state index contributed by atoms with van der Waals surface area (Å²) >= 11 is 0. The number of hydrogen-bond acceptors (Lipinski definition) is 8. The summed E-state index contributed by atoms with van der Waals surface area (Å²) in [6.07, 6.45) is 5.44. The Balaban J connectivity index is 1.51. The van der Waals surface area contributed by atoms with Gasteiger partial charge in [0.15, 0.2) is 5.54 Å². The lowest BCUT2D eigenvalue weighted by Gasteiger charge is -2.35. The Hall–Kier alpha value is -3.65. The maximum absolute atomic E-state index is 6.20. The molecule has 6 rings (SSSR count). The summed E-state index contributed by atoms with van der Waals surface area (Å²) in [5.41, 5.74) is 10.0. The van der Waals surface area contributed by atoms with Gasteiger partial charge in [0.2, 0.25) is 5.88 Å². The number of aliphatic imine (C=N–C) groups is 1. The van der Waals surface area contributed by atoms with E-state index in [1.807, 2.05) is 36.7 Å². The number of nitrogens with two attached hydrogens (primary N) is 1. The average molecular weight is 415 g/mol. The van der Waals surface area contributed by atoms with Crippen molar-refractivity contribution in [2.75, 3.05) is 37.8 Å². The maximum Gasteiger partial charge on any atom is 0.283 e. The van der Waals surface area contributed by atoms with Crippen LogP contribution >= 0.6 is 0 Å². The van der Waals surface area contributed by atoms with Crippen molar-refractivity contribution in [1.29, 1.82) is 0 Å². The van der Waals surface area contributed by atoms with Gasteiger partial charge in [-0.05, 0) is 29.8 Å². The number of hydrogen-bond donors (Lipinski definition) is 1. The van der Waals surface area contributed by atoms with Gasteiger partial charge in [-0.1, -0.05) is 12.1 Å². The van der Waals surface area contributed by atoms with Crippen LogP contribution in [0.1, 0.15) is 11.1 Å². The number of fused-ring (bicyclic) bond motifs is 4. The molecule has 1 spiro atoms. The lowest BCUT2D eigenvalue weighted by Crippen LogP contribution is -2.37. The number of anilines is 1. The standard InChI is InChI=1S/C23H21N5O3/c24-22-27-23(14-30-22)18-10-15(16-2-1-5-25-12-16)3-4-20(18)31-21-19(23)11-17(13-26-21)28-6-8-29-9-7-28/h1-5,10-13H,6-9,14H2,(H2,24,27)/t23-/m0/s1. The van der Waals surface area contributed by atoms with Crippen LogP contribution in [0, 0.1) is 0 Å². The smallest absolute Gasteiger partial charge is 0.283 e. The summed E-state index contributed by atoms with van der Waals surface area (Å²) < 4.78 is 17.4. The fourth-order valence-electron chi connectivity index (χ4n) is 4.42. The zero-order valence-corrected chi connectivity index (χ0v) is 16.8. The number of morpholine rings is 1. The van der Waals surface area contributed by atoms with Crippen molar-refractivity contribution >= 4 is 11.7 Å². The van der Waals surface area contributed by atoms with Crippen LogP contribution in [0.25, 0.3) is 11.1 Å². The molecule has 1 saturated heterocycles. The van der Waals surface area contributed by atoms with Crippen molar-refractivity contribution in [2.45, 2.75) is 5.54 Å². The molecule has 0 saturated carbocycles. The predicted octanol–water partition coefficient (Wildman–Crippen LogP) is 2.67. The first-order chi connectivity index (χ1) is 15.2. The molecule has 2 N–H and O–H groups in total. The first-order valence-corrected chi connectivity index (χ1v) is 10.3. The first-order valence-electron chi connectivity index (χ1n) is 10.3. The van der Waals surface area contributed by atoms with Gasteiger partial charge in [0.1, 0.15) is 12.4 Å². The number of nitrogens with zero attached hydrogens (tertiary/aromatic N) is 4. The van der Waals surface area contributed by atoms with E-state index in [0.29, 0.717) is 31.5 Å². The van der Waals surface area contributed by atoms with E-state index in [2.05, 4.69) is 27.0 Å². The summed E-state index contributed by atoms with van der Waals surface area (Å²) in [5, 5.41) is 0. The van der Waals surface area contributed by atoms with E-state index in [-0.39, 0.29) is 6.02 Å². The molecule has 156 valence electrons. The number of aromatic nitrogens is 2. The second-order valence-electron chi connectivity index (χ2n) is 7.80. The highest BCUT2D eigenvalue weighted by Crippen LogP contribution is 2.51. The second kappa shape index (κ2) is 6.95. The highest BCUT2D eigenvalue weighted by atomic mass is 16.5. The van der Waals surface area contributed by atoms with Crippen LogP contribution in [0.2, 0.25) is 0 Å². The van der Waals surface area contributed by atoms with Gasteiger partial charge in [-0.3, -0.25) is 4.98 Å². The summed E-state index contributed by atoms with van der Waals surface area (Å²) in [6.45, 7) is 3.33. The number of benzene rings is 1. The first kappa shape index (κ1) is 18.1. The summed E-state index contributed by atoms with van der Waals surface area (Å²) in [6, 6.07) is 12.3. The normalized spacial score (nSPS) is 21.7. The average Bonchev–Trinajstić information content (AvgIpc) is 3.22. The Morgan fingerprint density at radius 1 is 1.00 bits per heavy atom. The molecule has 0 bridgehead atoms. The predicted molar refractivity (Wildman–Crippen MR) is 115 cm³/mol. The van der Waals surface area contributed by atoms with Gasteiger partial charge < -0.3 is 24.8 Å². The molecule has 0 aliphatic carbocycles. The fraction of sp³-hybridized carbons (Fsp3) is 0.261. The molecule has 1 aromatic carbocycles. The number of rotatable bonds is 2. The van der Waals surface area contributed by atoms with Gasteiger partial charge >= 0.3 is 0 Å². The van der Waals surface area contributed by atoms with Crippen LogP contribution in [0.3, 0.4) is 0 Å². The molecule has 8 heteroatoms. The van der Waals surface area contributed by atoms with Crippen LogP contribution in [-0.4, -0.2) is 48.9 Å². The van der Waals surface area contributed by atoms with E-state index in [1.165, 1.54) is 0 Å². The van der Waals surface area contributed by atoms with Crippen LogP contribution in [0.15, 0.2) is 60.0 Å². The summed E-state index contributed by atoms with van der Waals surface area (Å²) in [5.74, 6) is 1.23. The van der Waals surface area contributed by atoms with E-state index in [4.69, 9.17) is 24.9 Å². The van der Waals surface area contributed by atoms with Gasteiger partial charge in [0.25, 0.3) is 6.02 Å². The van der Waals surface area contributed by atoms with Crippen molar-refractivity contribution in [2.24, 2.45) is 10.7 Å². The molecule has 1 atom stereocenters. The van der Waals surface area contributed by atoms with Gasteiger partial charge in [0, 0.05) is 36.6 Å². The van der Waals surface area contributed by atoms with Crippen molar-refractivity contribution in [3.05, 3.63) is 66.1 Å². The van der Waals surface area contributed by atoms with Crippen molar-refractivity contribution in [1.82, 2.24) is 9.97 Å². The third-order valence-electron chi connectivity index (χ3n) is 6.02. The Kier molecular flexibility index (Phi) is 4.07. The van der Waals surface area contributed by atoms with Gasteiger partial charge in [-0.15, -0.1) is 0 Å². The molecule has 0 amide bonds. The van der Waals surface area contributed by atoms with Gasteiger partial charge in [-0.2, -0.15) is 0 Å². The minimum absolute atomic E-state index is 0.169. The van der Waals surface area contributed by atoms with E-state index >= 15 is 0 Å². The molecule has 31 heavy (non-hydrogen) atoms. The molecule has 8 nitrogen and oxygen atoms in total. The van der Waals surface area contributed by atoms with E-state index < -0.39 is 5.54 Å². The number of pyridine rings is 2. The molecule has 3 aromatic rings. The molecule has 1 fully saturated rings. The lowest BCUT2D eigenvalue weighted by molar-refractivity contribution is 0.122. The van der Waals surface area contributed by atoms with E-state index in [0.717, 1.165) is 41.0 Å². The topological polar surface area (TPSA) is 95.1 Å². The molecule has 0 unspecified atom stereocenters. The highest BCUT2D eigenvalue weighted by Gasteiger charge is 2.48. The molecule has 5 heterocycles. The summed E-state index contributed by atoms with van der Waals surface area (Å²) in [7, 11) is 0. The molecule has 3 aliphatic rings. The Labute approximate surface area is 179 Å². The SMILES string of the molecule is NC1=N[C@@]2(CO1)c1cc(-c3cccnc3)ccc1Oc1ncc(N3CCOCC3)cc12. The molecular formula is C23H21N5O3. The zero-order valence-electron chi connectivity index (χ0n) is 16.8. The Morgan fingerprint density at radius 2 is 1.90 bits per heavy atom. The third kappa shape index (κ3) is 2.90. The lowest BCUT2D eigenvalue weighted by atomic mass is 9.81. The van der Waals surface area contributed by atoms with E-state index in [1.54, 1.807) is 6.20 Å². The minimum atomic E-state index is -0.805. The largest absolute Gasteiger partial charge is 0.462 e. The summed E-state index contributed by atoms with van der Waals surface area (Å²) in [4.78, 5) is 15.9. The zero-order chi connectivity index (χ0) is 20.8. The van der Waals surface area contributed by atoms with E-state index in [9.17, 15) is 0 Å². The van der Waals surface area contributed by atoms with Crippen molar-refractivity contribution < 1.29 is 14.2 Å². The quantitative estimate of drug-likeness (QED) is 0.688. The highest BCUT2D eigenvalue weighted by molar-refractivity contribution is 5.78. The Morgan fingerprint density at radius 3 is 2.68 bits per heavy atom. The van der Waals surface area contributed by atoms with Crippen LogP contribution in [0.5, 0.6) is 11.6 Å². The monoisotopic (exact) mass is 415 g/mol.